The van der Waals surface area contributed by atoms with Crippen molar-refractivity contribution in [2.75, 3.05) is 0 Å². The van der Waals surface area contributed by atoms with Crippen LogP contribution < -0.4 is 0 Å². The van der Waals surface area contributed by atoms with Crippen molar-refractivity contribution in [1.29, 1.82) is 0 Å². The molecule has 0 aliphatic heterocycles. The molecule has 7 atom stereocenters. The minimum Gasteiger partial charge on any atom is -0.393 e. The molecule has 1 aromatic carbocycles. The minimum absolute atomic E-state index is 0.116. The molecule has 170 valence electrons. The van der Waals surface area contributed by atoms with Gasteiger partial charge in [-0.2, -0.15) is 0 Å². The summed E-state index contributed by atoms with van der Waals surface area (Å²) in [5, 5.41) is 11.5. The predicted molar refractivity (Wildman–Crippen MR) is 138 cm³/mol. The lowest BCUT2D eigenvalue weighted by atomic mass is 9.47. The largest absolute Gasteiger partial charge is 0.393 e. The Morgan fingerprint density at radius 3 is 2.69 bits per heavy atom. The first kappa shape index (κ1) is 21.8. The summed E-state index contributed by atoms with van der Waals surface area (Å²) in [6.45, 7) is 5.11. The molecule has 32 heavy (non-hydrogen) atoms. The van der Waals surface area contributed by atoms with E-state index in [0.717, 1.165) is 45.1 Å². The van der Waals surface area contributed by atoms with Gasteiger partial charge in [-0.15, -0.1) is 0 Å². The van der Waals surface area contributed by atoms with Gasteiger partial charge in [-0.1, -0.05) is 47.5 Å². The van der Waals surface area contributed by atoms with Gasteiger partial charge in [-0.25, -0.2) is 0 Å². The normalized spacial score (nSPS) is 41.0. The molecule has 3 saturated carbocycles. The quantitative estimate of drug-likeness (QED) is 0.358. The second kappa shape index (κ2) is 7.65. The fourth-order valence-electron chi connectivity index (χ4n) is 8.49. The van der Waals surface area contributed by atoms with E-state index in [0.29, 0.717) is 16.7 Å². The summed E-state index contributed by atoms with van der Waals surface area (Å²) >= 11 is 7.35. The predicted octanol–water partition coefficient (Wildman–Crippen LogP) is 8.17. The number of aliphatic hydroxyl groups is 1. The minimum atomic E-state index is -0.116. The van der Waals surface area contributed by atoms with E-state index in [1.165, 1.54) is 49.6 Å². The average molecular weight is 559 g/mol. The van der Waals surface area contributed by atoms with Gasteiger partial charge in [0.25, 0.3) is 0 Å². The fourth-order valence-corrected chi connectivity index (χ4v) is 9.84. The lowest BCUT2D eigenvalue weighted by Crippen LogP contribution is -2.50. The van der Waals surface area contributed by atoms with Crippen molar-refractivity contribution in [3.8, 4) is 0 Å². The van der Waals surface area contributed by atoms with Gasteiger partial charge >= 0.3 is 0 Å². The van der Waals surface area contributed by atoms with Gasteiger partial charge in [-0.3, -0.25) is 4.98 Å². The van der Waals surface area contributed by atoms with Crippen LogP contribution in [-0.4, -0.2) is 16.2 Å². The number of hydrogen-bond acceptors (Lipinski definition) is 2. The summed E-state index contributed by atoms with van der Waals surface area (Å²) in [6, 6.07) is 8.83. The lowest BCUT2D eigenvalue weighted by Gasteiger charge is -2.58. The summed E-state index contributed by atoms with van der Waals surface area (Å²) < 4.78 is 2.16. The van der Waals surface area contributed by atoms with Crippen LogP contribution in [-0.2, 0) is 0 Å². The number of hydrogen-bond donors (Lipinski definition) is 1. The van der Waals surface area contributed by atoms with Crippen LogP contribution in [0.5, 0.6) is 0 Å². The zero-order chi connectivity index (χ0) is 22.3. The van der Waals surface area contributed by atoms with Gasteiger partial charge < -0.3 is 5.11 Å². The Hall–Kier alpha value is -0.710. The summed E-state index contributed by atoms with van der Waals surface area (Å²) in [5.41, 5.74) is 4.62. The van der Waals surface area contributed by atoms with Crippen LogP contribution in [0, 0.1) is 28.6 Å². The highest BCUT2D eigenvalue weighted by Gasteiger charge is 2.59. The zero-order valence-corrected chi connectivity index (χ0v) is 22.3. The molecule has 0 unspecified atom stereocenters. The average Bonchev–Trinajstić information content (AvgIpc) is 3.11. The van der Waals surface area contributed by atoms with E-state index < -0.39 is 0 Å². The van der Waals surface area contributed by atoms with E-state index in [4.69, 9.17) is 4.98 Å². The standard InChI is InChI=1S/C28H33Br2NO/c1-27-11-9-19(32)14-17(27)4-5-20-21-6-7-23(28(21,2)12-10-22(20)27)25-8-3-16-13-18(29)15-24(30)26(16)31-25/h3-4,8,13,15,19-23,32H,5-7,9-12,14H2,1-2H3/t19-,20-,21-,22-,23+,27-,28-/m0/s1. The van der Waals surface area contributed by atoms with E-state index in [9.17, 15) is 5.11 Å². The fraction of sp³-hybridized carbons (Fsp3) is 0.607. The van der Waals surface area contributed by atoms with E-state index in [2.05, 4.69) is 76.0 Å². The highest BCUT2D eigenvalue weighted by Crippen LogP contribution is 2.67. The molecule has 4 aliphatic rings. The van der Waals surface area contributed by atoms with Crippen molar-refractivity contribution in [1.82, 2.24) is 4.98 Å². The Bertz CT molecular complexity index is 1110. The Balaban J connectivity index is 1.34. The summed E-state index contributed by atoms with van der Waals surface area (Å²) in [5.74, 6) is 2.94. The monoisotopic (exact) mass is 557 g/mol. The molecule has 1 heterocycles. The van der Waals surface area contributed by atoms with Gasteiger partial charge in [0.15, 0.2) is 0 Å². The smallest absolute Gasteiger partial charge is 0.0848 e. The molecule has 3 fully saturated rings. The number of fused-ring (bicyclic) bond motifs is 6. The van der Waals surface area contributed by atoms with Crippen LogP contribution in [0.1, 0.15) is 76.8 Å². The first-order valence-electron chi connectivity index (χ1n) is 12.4. The summed E-state index contributed by atoms with van der Waals surface area (Å²) in [7, 11) is 0. The molecule has 2 nitrogen and oxygen atoms in total. The molecule has 0 bridgehead atoms. The van der Waals surface area contributed by atoms with Crippen molar-refractivity contribution >= 4 is 42.8 Å². The Kier molecular flexibility index (Phi) is 5.21. The molecular weight excluding hydrogens is 526 g/mol. The van der Waals surface area contributed by atoms with Gasteiger partial charge in [-0.05, 0) is 114 Å². The van der Waals surface area contributed by atoms with Gasteiger partial charge in [0.1, 0.15) is 0 Å². The molecule has 4 aliphatic carbocycles. The van der Waals surface area contributed by atoms with Crippen molar-refractivity contribution < 1.29 is 5.11 Å². The Labute approximate surface area is 208 Å². The van der Waals surface area contributed by atoms with Crippen LogP contribution in [0.25, 0.3) is 10.9 Å². The second-order valence-corrected chi connectivity index (χ2v) is 13.3. The highest BCUT2D eigenvalue weighted by molar-refractivity contribution is 9.11. The number of pyridine rings is 1. The Morgan fingerprint density at radius 2 is 1.84 bits per heavy atom. The summed E-state index contributed by atoms with van der Waals surface area (Å²) in [4.78, 5) is 5.22. The molecule has 1 N–H and O–H groups in total. The maximum Gasteiger partial charge on any atom is 0.0848 e. The molecule has 4 heteroatoms. The molecule has 0 saturated heterocycles. The zero-order valence-electron chi connectivity index (χ0n) is 19.1. The molecule has 1 aromatic heterocycles. The molecular formula is C28H33Br2NO. The molecule has 2 aromatic rings. The first-order valence-corrected chi connectivity index (χ1v) is 14.0. The maximum atomic E-state index is 10.3. The second-order valence-electron chi connectivity index (χ2n) is 11.5. The van der Waals surface area contributed by atoms with Crippen LogP contribution >= 0.6 is 31.9 Å². The van der Waals surface area contributed by atoms with E-state index in [1.54, 1.807) is 5.57 Å². The third-order valence-corrected chi connectivity index (χ3v) is 11.2. The number of allylic oxidation sites excluding steroid dienone is 1. The highest BCUT2D eigenvalue weighted by atomic mass is 79.9. The number of benzene rings is 1. The topological polar surface area (TPSA) is 33.1 Å². The molecule has 0 spiro atoms. The third kappa shape index (κ3) is 3.15. The Morgan fingerprint density at radius 1 is 1.00 bits per heavy atom. The third-order valence-electron chi connectivity index (χ3n) is 10.2. The van der Waals surface area contributed by atoms with Gasteiger partial charge in [0, 0.05) is 25.9 Å². The van der Waals surface area contributed by atoms with Crippen LogP contribution in [0.3, 0.4) is 0 Å². The number of aromatic nitrogens is 1. The van der Waals surface area contributed by atoms with Crippen molar-refractivity contribution in [2.45, 2.75) is 77.2 Å². The van der Waals surface area contributed by atoms with E-state index in [-0.39, 0.29) is 6.10 Å². The van der Waals surface area contributed by atoms with Crippen molar-refractivity contribution in [2.24, 2.45) is 28.6 Å². The maximum absolute atomic E-state index is 10.3. The first-order chi connectivity index (χ1) is 15.3. The number of aliphatic hydroxyl groups excluding tert-OH is 1. The van der Waals surface area contributed by atoms with E-state index >= 15 is 0 Å². The van der Waals surface area contributed by atoms with Gasteiger partial charge in [0.2, 0.25) is 0 Å². The summed E-state index contributed by atoms with van der Waals surface area (Å²) in [6.07, 6.45) is 12.0. The number of halogens is 2. The molecule has 0 amide bonds. The van der Waals surface area contributed by atoms with Crippen LogP contribution in [0.4, 0.5) is 0 Å². The van der Waals surface area contributed by atoms with Crippen LogP contribution in [0.2, 0.25) is 0 Å². The van der Waals surface area contributed by atoms with Gasteiger partial charge in [0.05, 0.1) is 11.6 Å². The van der Waals surface area contributed by atoms with Crippen LogP contribution in [0.15, 0.2) is 44.9 Å². The van der Waals surface area contributed by atoms with E-state index in [1.807, 2.05) is 0 Å². The lowest BCUT2D eigenvalue weighted by molar-refractivity contribution is -0.0412. The number of rotatable bonds is 1. The van der Waals surface area contributed by atoms with Crippen molar-refractivity contribution in [3.05, 3.63) is 50.6 Å². The number of nitrogens with zero attached hydrogens (tertiary/aromatic N) is 1. The SMILES string of the molecule is C[C@]12CC[C@H]3[C@@H](CC=C4C[C@@H](O)CC[C@@]43C)[C@@H]1CC[C@@H]2c1ccc2cc(Br)cc(Br)c2n1. The molecule has 6 rings (SSSR count). The van der Waals surface area contributed by atoms with Crippen molar-refractivity contribution in [3.63, 3.8) is 0 Å². The molecule has 0 radical (unpaired) electrons.